The van der Waals surface area contributed by atoms with Gasteiger partial charge in [-0.25, -0.2) is 4.98 Å². The number of aromatic nitrogens is 3. The highest BCUT2D eigenvalue weighted by Crippen LogP contribution is 2.27. The van der Waals surface area contributed by atoms with E-state index >= 15 is 0 Å². The van der Waals surface area contributed by atoms with Gasteiger partial charge in [-0.15, -0.1) is 0 Å². The van der Waals surface area contributed by atoms with Gasteiger partial charge < -0.3 is 9.64 Å². The maximum atomic E-state index is 11.2. The van der Waals surface area contributed by atoms with E-state index in [1.165, 1.54) is 0 Å². The number of methoxy groups -OCH3 is 1. The number of likely N-dealkylation sites (N-methyl/N-ethyl adjacent to an activating group) is 1. The number of hydrogen-bond acceptors (Lipinski definition) is 5. The number of carbonyl (C=O) groups excluding carboxylic acids is 1. The van der Waals surface area contributed by atoms with Crippen molar-refractivity contribution in [3.8, 4) is 0 Å². The lowest BCUT2D eigenvalue weighted by atomic mass is 10.1. The number of rotatable bonds is 5. The molecule has 2 aromatic rings. The van der Waals surface area contributed by atoms with E-state index in [9.17, 15) is 4.79 Å². The maximum absolute atomic E-state index is 11.2. The molecule has 6 nitrogen and oxygen atoms in total. The average molecular weight is 304 g/mol. The van der Waals surface area contributed by atoms with Crippen molar-refractivity contribution in [2.75, 3.05) is 32.2 Å². The molecule has 0 unspecified atom stereocenters. The number of fused-ring (bicyclic) bond motifs is 1. The average Bonchev–Trinajstić information content (AvgIpc) is 2.87. The smallest absolute Gasteiger partial charge is 0.159 e. The number of pyridine rings is 1. The molecule has 0 radical (unpaired) electrons. The van der Waals surface area contributed by atoms with Gasteiger partial charge in [-0.2, -0.15) is 5.10 Å². The summed E-state index contributed by atoms with van der Waals surface area (Å²) in [4.78, 5) is 17.4. The van der Waals surface area contributed by atoms with Crippen molar-refractivity contribution in [2.24, 2.45) is 7.05 Å². The van der Waals surface area contributed by atoms with E-state index in [1.807, 2.05) is 32.8 Å². The predicted molar refractivity (Wildman–Crippen MR) is 89.5 cm³/mol. The molecule has 6 heteroatoms. The van der Waals surface area contributed by atoms with Crippen molar-refractivity contribution in [3.05, 3.63) is 30.1 Å². The summed E-state index contributed by atoms with van der Waals surface area (Å²) >= 11 is 0. The zero-order valence-electron chi connectivity index (χ0n) is 14.0. The maximum Gasteiger partial charge on any atom is 0.159 e. The van der Waals surface area contributed by atoms with Gasteiger partial charge in [0.2, 0.25) is 0 Å². The van der Waals surface area contributed by atoms with E-state index < -0.39 is 0 Å². The lowest BCUT2D eigenvalue weighted by Gasteiger charge is -2.21. The standard InChI is InChI=1S/C13H16N4O.C3H8O/c1-9(2)7-16(3)12-10(8-18)5-14-13-11(12)6-15-17(13)4;1-3-4-2/h5-6,8H,1,7H2,2-4H3;3H2,1-2H3. The fourth-order valence-corrected chi connectivity index (χ4v) is 2.09. The highest BCUT2D eigenvalue weighted by Gasteiger charge is 2.15. The largest absolute Gasteiger partial charge is 0.385 e. The first-order valence-corrected chi connectivity index (χ1v) is 7.06. The Morgan fingerprint density at radius 1 is 1.50 bits per heavy atom. The number of anilines is 1. The molecule has 22 heavy (non-hydrogen) atoms. The molecule has 0 bridgehead atoms. The third-order valence-electron chi connectivity index (χ3n) is 3.07. The number of hydrogen-bond donors (Lipinski definition) is 0. The summed E-state index contributed by atoms with van der Waals surface area (Å²) in [6.07, 6.45) is 4.14. The fraction of sp³-hybridized carbons (Fsp3) is 0.438. The molecule has 0 aliphatic heterocycles. The lowest BCUT2D eigenvalue weighted by Crippen LogP contribution is -2.21. The molecule has 0 N–H and O–H groups in total. The molecule has 0 aromatic carbocycles. The van der Waals surface area contributed by atoms with Gasteiger partial charge in [0.15, 0.2) is 11.9 Å². The van der Waals surface area contributed by atoms with Crippen LogP contribution in [0.5, 0.6) is 0 Å². The molecule has 0 amide bonds. The number of aldehydes is 1. The Hall–Kier alpha value is -2.21. The third-order valence-corrected chi connectivity index (χ3v) is 3.07. The van der Waals surface area contributed by atoms with Crippen LogP contribution in [0.2, 0.25) is 0 Å². The highest BCUT2D eigenvalue weighted by molar-refractivity contribution is 5.99. The van der Waals surface area contributed by atoms with Gasteiger partial charge in [-0.1, -0.05) is 12.2 Å². The molecule has 2 heterocycles. The van der Waals surface area contributed by atoms with Crippen LogP contribution in [0.15, 0.2) is 24.5 Å². The quantitative estimate of drug-likeness (QED) is 0.627. The summed E-state index contributed by atoms with van der Waals surface area (Å²) < 4.78 is 6.24. The van der Waals surface area contributed by atoms with Crippen molar-refractivity contribution >= 4 is 23.0 Å². The van der Waals surface area contributed by atoms with Gasteiger partial charge in [0.1, 0.15) is 0 Å². The first-order chi connectivity index (χ1) is 10.5. The van der Waals surface area contributed by atoms with E-state index in [0.717, 1.165) is 35.2 Å². The molecule has 0 atom stereocenters. The Balaban J connectivity index is 0.000000541. The molecule has 120 valence electrons. The molecule has 0 spiro atoms. The molecule has 0 aliphatic carbocycles. The van der Waals surface area contributed by atoms with Crippen LogP contribution >= 0.6 is 0 Å². The first kappa shape index (κ1) is 17.8. The summed E-state index contributed by atoms with van der Waals surface area (Å²) in [5, 5.41) is 5.06. The fourth-order valence-electron chi connectivity index (χ4n) is 2.09. The van der Waals surface area contributed by atoms with Gasteiger partial charge in [-0.05, 0) is 13.8 Å². The molecule has 0 saturated carbocycles. The number of carbonyl (C=O) groups is 1. The highest BCUT2D eigenvalue weighted by atomic mass is 16.5. The molecular formula is C16H24N4O2. The van der Waals surface area contributed by atoms with E-state index in [4.69, 9.17) is 0 Å². The SMILES string of the molecule is C=C(C)CN(C)c1c(C=O)cnc2c1cnn2C.CCOC. The van der Waals surface area contributed by atoms with Gasteiger partial charge in [0, 0.05) is 40.6 Å². The second-order valence-corrected chi connectivity index (χ2v) is 5.08. The Labute approximate surface area is 131 Å². The topological polar surface area (TPSA) is 60.2 Å². The normalized spacial score (nSPS) is 10.0. The van der Waals surface area contributed by atoms with Crippen molar-refractivity contribution in [2.45, 2.75) is 13.8 Å². The predicted octanol–water partition coefficient (Wildman–Crippen LogP) is 2.45. The van der Waals surface area contributed by atoms with Crippen molar-refractivity contribution in [1.29, 1.82) is 0 Å². The molecular weight excluding hydrogens is 280 g/mol. The third kappa shape index (κ3) is 4.14. The molecule has 0 fully saturated rings. The zero-order valence-corrected chi connectivity index (χ0v) is 14.0. The van der Waals surface area contributed by atoms with E-state index in [1.54, 1.807) is 24.2 Å². The number of ether oxygens (including phenoxy) is 1. The Morgan fingerprint density at radius 3 is 2.64 bits per heavy atom. The van der Waals surface area contributed by atoms with Crippen molar-refractivity contribution < 1.29 is 9.53 Å². The Bertz CT molecular complexity index is 647. The van der Waals surface area contributed by atoms with Crippen molar-refractivity contribution in [3.63, 3.8) is 0 Å². The van der Waals surface area contributed by atoms with Crippen LogP contribution in [0, 0.1) is 0 Å². The summed E-state index contributed by atoms with van der Waals surface area (Å²) in [6, 6.07) is 0. The molecule has 0 saturated heterocycles. The van der Waals surface area contributed by atoms with Crippen LogP contribution in [0.3, 0.4) is 0 Å². The monoisotopic (exact) mass is 304 g/mol. The van der Waals surface area contributed by atoms with Crippen LogP contribution in [0.4, 0.5) is 5.69 Å². The van der Waals surface area contributed by atoms with Gasteiger partial charge in [-0.3, -0.25) is 9.48 Å². The minimum absolute atomic E-state index is 0.569. The van der Waals surface area contributed by atoms with Gasteiger partial charge >= 0.3 is 0 Å². The Kier molecular flexibility index (Phi) is 6.72. The van der Waals surface area contributed by atoms with Gasteiger partial charge in [0.05, 0.1) is 22.8 Å². The second kappa shape index (κ2) is 8.29. The zero-order chi connectivity index (χ0) is 16.7. The summed E-state index contributed by atoms with van der Waals surface area (Å²) in [5.41, 5.74) is 3.22. The van der Waals surface area contributed by atoms with Crippen LogP contribution in [-0.2, 0) is 11.8 Å². The van der Waals surface area contributed by atoms with Crippen molar-refractivity contribution in [1.82, 2.24) is 14.8 Å². The lowest BCUT2D eigenvalue weighted by molar-refractivity contribution is 0.112. The van der Waals surface area contributed by atoms with Gasteiger partial charge in [0.25, 0.3) is 0 Å². The molecule has 2 aromatic heterocycles. The summed E-state index contributed by atoms with van der Waals surface area (Å²) in [6.45, 7) is 9.32. The molecule has 2 rings (SSSR count). The number of nitrogens with zero attached hydrogens (tertiary/aromatic N) is 4. The minimum atomic E-state index is 0.569. The van der Waals surface area contributed by atoms with Crippen LogP contribution in [0.25, 0.3) is 11.0 Å². The molecule has 0 aliphatic rings. The first-order valence-electron chi connectivity index (χ1n) is 7.06. The van der Waals surface area contributed by atoms with E-state index in [2.05, 4.69) is 21.4 Å². The van der Waals surface area contributed by atoms with E-state index in [-0.39, 0.29) is 0 Å². The van der Waals surface area contributed by atoms with E-state index in [0.29, 0.717) is 12.1 Å². The summed E-state index contributed by atoms with van der Waals surface area (Å²) in [5.74, 6) is 0. The Morgan fingerprint density at radius 2 is 2.14 bits per heavy atom. The van der Waals surface area contributed by atoms with Crippen LogP contribution < -0.4 is 4.90 Å². The second-order valence-electron chi connectivity index (χ2n) is 5.08. The van der Waals surface area contributed by atoms with Crippen LogP contribution in [0.1, 0.15) is 24.2 Å². The summed E-state index contributed by atoms with van der Waals surface area (Å²) in [7, 11) is 5.45. The van der Waals surface area contributed by atoms with Crippen LogP contribution in [-0.4, -0.2) is 48.4 Å². The minimum Gasteiger partial charge on any atom is -0.385 e. The number of aryl methyl sites for hydroxylation is 1.